The van der Waals surface area contributed by atoms with E-state index in [0.29, 0.717) is 18.3 Å². The van der Waals surface area contributed by atoms with E-state index >= 15 is 0 Å². The Kier molecular flexibility index (Phi) is 9.37. The Morgan fingerprint density at radius 2 is 2.10 bits per heavy atom. The Balaban J connectivity index is 0.000000643. The van der Waals surface area contributed by atoms with Crippen molar-refractivity contribution in [1.29, 1.82) is 0 Å². The summed E-state index contributed by atoms with van der Waals surface area (Å²) in [6.45, 7) is 5.96. The van der Waals surface area contributed by atoms with Crippen molar-refractivity contribution in [3.63, 3.8) is 0 Å². The maximum absolute atomic E-state index is 9.88. The van der Waals surface area contributed by atoms with Crippen molar-refractivity contribution in [3.8, 4) is 5.75 Å². The molecule has 2 aromatic rings. The van der Waals surface area contributed by atoms with Crippen LogP contribution in [0.25, 0.3) is 0 Å². The molecule has 0 radical (unpaired) electrons. The number of rotatable bonds is 7. The summed E-state index contributed by atoms with van der Waals surface area (Å²) in [6, 6.07) is 6.98. The number of hydrogen-bond donors (Lipinski definition) is 2. The molecule has 2 N–H and O–H groups in total. The predicted molar refractivity (Wildman–Crippen MR) is 122 cm³/mol. The van der Waals surface area contributed by atoms with Gasteiger partial charge in [0.1, 0.15) is 5.75 Å². The van der Waals surface area contributed by atoms with Crippen molar-refractivity contribution in [2.45, 2.75) is 45.6 Å². The van der Waals surface area contributed by atoms with Gasteiger partial charge in [0.15, 0.2) is 5.82 Å². The molecule has 162 valence electrons. The average molecular weight is 404 g/mol. The molecule has 1 aliphatic heterocycles. The predicted octanol–water partition coefficient (Wildman–Crippen LogP) is 4.14. The fraction of sp³-hybridized carbons (Fsp3) is 0.500. The van der Waals surface area contributed by atoms with Crippen LogP contribution in [0.15, 0.2) is 30.6 Å². The zero-order valence-corrected chi connectivity index (χ0v) is 17.9. The van der Waals surface area contributed by atoms with Crippen molar-refractivity contribution in [2.75, 3.05) is 37.9 Å². The molecule has 1 saturated heterocycles. The number of amides is 1. The summed E-state index contributed by atoms with van der Waals surface area (Å²) in [7, 11) is 4.17. The smallest absolute Gasteiger partial charge is 0.212 e. The van der Waals surface area contributed by atoms with E-state index in [1.165, 1.54) is 37.6 Å². The number of aromatic nitrogens is 2. The number of hydrogen-bond acceptors (Lipinski definition) is 6. The number of nitrogens with zero attached hydrogens (tertiary/aromatic N) is 3. The molecular weight excluding hydrogens is 366 g/mol. The van der Waals surface area contributed by atoms with Crippen LogP contribution in [-0.2, 0) is 4.79 Å². The van der Waals surface area contributed by atoms with E-state index in [-0.39, 0.29) is 2.85 Å². The van der Waals surface area contributed by atoms with Gasteiger partial charge in [-0.2, -0.15) is 0 Å². The first-order valence-electron chi connectivity index (χ1n) is 10.1. The SMILES string of the molecule is CNc1cc(C)ccc1OCCC1CCCCN1C.Cc1cnc(NC=O)cn1.[HH].[HH]. The number of anilines is 2. The van der Waals surface area contributed by atoms with Gasteiger partial charge in [-0.15, -0.1) is 0 Å². The van der Waals surface area contributed by atoms with E-state index < -0.39 is 0 Å². The highest BCUT2D eigenvalue weighted by atomic mass is 16.5. The van der Waals surface area contributed by atoms with E-state index in [9.17, 15) is 4.79 Å². The maximum Gasteiger partial charge on any atom is 0.212 e. The highest BCUT2D eigenvalue weighted by Gasteiger charge is 2.18. The Bertz CT molecular complexity index is 762. The highest BCUT2D eigenvalue weighted by molar-refractivity contribution is 5.67. The largest absolute Gasteiger partial charge is 0.491 e. The Hall–Kier alpha value is -2.67. The van der Waals surface area contributed by atoms with E-state index in [1.54, 1.807) is 6.20 Å². The van der Waals surface area contributed by atoms with Crippen molar-refractivity contribution in [2.24, 2.45) is 0 Å². The van der Waals surface area contributed by atoms with Gasteiger partial charge >= 0.3 is 0 Å². The number of aryl methyl sites for hydroxylation is 2. The van der Waals surface area contributed by atoms with Crippen LogP contribution in [0.3, 0.4) is 0 Å². The van der Waals surface area contributed by atoms with Gasteiger partial charge in [0, 0.05) is 15.9 Å². The molecule has 1 aliphatic rings. The normalized spacial score (nSPS) is 16.3. The van der Waals surface area contributed by atoms with Gasteiger partial charge in [0.05, 0.1) is 30.4 Å². The van der Waals surface area contributed by atoms with E-state index in [4.69, 9.17) is 4.74 Å². The van der Waals surface area contributed by atoms with Gasteiger partial charge in [-0.05, 0) is 64.4 Å². The second-order valence-corrected chi connectivity index (χ2v) is 7.32. The fourth-order valence-electron chi connectivity index (χ4n) is 3.31. The van der Waals surface area contributed by atoms with Gasteiger partial charge in [-0.25, -0.2) is 4.98 Å². The summed E-state index contributed by atoms with van der Waals surface area (Å²) in [6.07, 6.45) is 8.80. The summed E-state index contributed by atoms with van der Waals surface area (Å²) >= 11 is 0. The third-order valence-corrected chi connectivity index (χ3v) is 5.02. The van der Waals surface area contributed by atoms with E-state index in [2.05, 4.69) is 57.7 Å². The summed E-state index contributed by atoms with van der Waals surface area (Å²) in [5, 5.41) is 5.58. The summed E-state index contributed by atoms with van der Waals surface area (Å²) in [5.41, 5.74) is 3.16. The van der Waals surface area contributed by atoms with Crippen LogP contribution in [0.1, 0.15) is 39.8 Å². The lowest BCUT2D eigenvalue weighted by Gasteiger charge is -2.32. The zero-order valence-electron chi connectivity index (χ0n) is 17.9. The Morgan fingerprint density at radius 3 is 2.76 bits per heavy atom. The van der Waals surface area contributed by atoms with Crippen LogP contribution < -0.4 is 15.4 Å². The number of piperidine rings is 1. The lowest BCUT2D eigenvalue weighted by Crippen LogP contribution is -2.37. The number of ether oxygens (including phenoxy) is 1. The first-order valence-corrected chi connectivity index (χ1v) is 10.1. The van der Waals surface area contributed by atoms with Crippen LogP contribution in [-0.4, -0.2) is 54.6 Å². The fourth-order valence-corrected chi connectivity index (χ4v) is 3.31. The first kappa shape index (κ1) is 22.6. The topological polar surface area (TPSA) is 79.4 Å². The molecule has 7 heteroatoms. The second-order valence-electron chi connectivity index (χ2n) is 7.32. The molecule has 0 bridgehead atoms. The molecule has 1 aromatic heterocycles. The standard InChI is InChI=1S/C16H26N2O.C6H7N3O.2H2/c1-13-7-8-16(15(12-13)17-2)19-11-9-14-6-4-5-10-18(14)3;1-5-2-8-6(3-7-5)9-4-10;;/h7-8,12,14,17H,4-6,9-11H2,1-3H3;2-4H,1H3,(H,8,9,10);2*1H. The van der Waals surface area contributed by atoms with Crippen molar-refractivity contribution in [3.05, 3.63) is 41.9 Å². The molecule has 0 saturated carbocycles. The molecule has 1 unspecified atom stereocenters. The molecule has 1 amide bonds. The molecule has 0 spiro atoms. The number of likely N-dealkylation sites (tertiary alicyclic amines) is 1. The van der Waals surface area contributed by atoms with Gasteiger partial charge in [-0.3, -0.25) is 9.78 Å². The van der Waals surface area contributed by atoms with Crippen LogP contribution in [0, 0.1) is 13.8 Å². The number of carbonyl (C=O) groups excluding carboxylic acids is 1. The molecular formula is C22H37N5O2. The van der Waals surface area contributed by atoms with Crippen LogP contribution in [0.4, 0.5) is 11.5 Å². The molecule has 2 heterocycles. The Labute approximate surface area is 176 Å². The average Bonchev–Trinajstić information content (AvgIpc) is 2.73. The minimum Gasteiger partial charge on any atom is -0.491 e. The summed E-state index contributed by atoms with van der Waals surface area (Å²) in [5.74, 6) is 1.44. The summed E-state index contributed by atoms with van der Waals surface area (Å²) < 4.78 is 5.94. The minimum atomic E-state index is 0. The quantitative estimate of drug-likeness (QED) is 0.677. The van der Waals surface area contributed by atoms with Gasteiger partial charge < -0.3 is 20.3 Å². The number of benzene rings is 1. The maximum atomic E-state index is 9.88. The molecule has 1 aromatic carbocycles. The van der Waals surface area contributed by atoms with Crippen LogP contribution in [0.2, 0.25) is 0 Å². The van der Waals surface area contributed by atoms with Crippen molar-refractivity contribution >= 4 is 17.9 Å². The third kappa shape index (κ3) is 7.69. The van der Waals surface area contributed by atoms with E-state index in [0.717, 1.165) is 30.2 Å². The molecule has 3 rings (SSSR count). The Morgan fingerprint density at radius 1 is 1.28 bits per heavy atom. The van der Waals surface area contributed by atoms with Gasteiger partial charge in [-0.1, -0.05) is 12.5 Å². The van der Waals surface area contributed by atoms with E-state index in [1.807, 2.05) is 14.0 Å². The molecule has 7 nitrogen and oxygen atoms in total. The summed E-state index contributed by atoms with van der Waals surface area (Å²) in [4.78, 5) is 20.1. The van der Waals surface area contributed by atoms with Crippen molar-refractivity contribution in [1.82, 2.24) is 14.9 Å². The van der Waals surface area contributed by atoms with Crippen LogP contribution in [0.5, 0.6) is 5.75 Å². The minimum absolute atomic E-state index is 0. The monoisotopic (exact) mass is 403 g/mol. The second kappa shape index (κ2) is 12.0. The number of carbonyl (C=O) groups is 1. The van der Waals surface area contributed by atoms with Gasteiger partial charge in [0.2, 0.25) is 6.41 Å². The van der Waals surface area contributed by atoms with Crippen LogP contribution >= 0.6 is 0 Å². The number of nitrogens with one attached hydrogen (secondary N) is 2. The molecule has 0 aliphatic carbocycles. The zero-order chi connectivity index (χ0) is 21.1. The van der Waals surface area contributed by atoms with Gasteiger partial charge in [0.25, 0.3) is 0 Å². The lowest BCUT2D eigenvalue weighted by molar-refractivity contribution is -0.105. The van der Waals surface area contributed by atoms with Crippen molar-refractivity contribution < 1.29 is 12.4 Å². The molecule has 1 atom stereocenters. The third-order valence-electron chi connectivity index (χ3n) is 5.02. The highest BCUT2D eigenvalue weighted by Crippen LogP contribution is 2.26. The first-order chi connectivity index (χ1) is 14.0. The lowest BCUT2D eigenvalue weighted by atomic mass is 10.0. The molecule has 29 heavy (non-hydrogen) atoms. The molecule has 1 fully saturated rings.